The Labute approximate surface area is 379 Å². The third-order valence-electron chi connectivity index (χ3n) is 12.9. The molecule has 0 atom stereocenters. The van der Waals surface area contributed by atoms with Gasteiger partial charge in [-0.05, 0) is 168 Å². The molecule has 12 rings (SSSR count). The van der Waals surface area contributed by atoms with Crippen LogP contribution < -0.4 is 4.90 Å². The molecule has 9 aromatic carbocycles. The van der Waals surface area contributed by atoms with Crippen molar-refractivity contribution in [3.8, 4) is 16.8 Å². The highest BCUT2D eigenvalue weighted by Crippen LogP contribution is 2.44. The smallest absolute Gasteiger partial charge is 0.0542 e. The summed E-state index contributed by atoms with van der Waals surface area (Å²) in [7, 11) is 0. The Morgan fingerprint density at radius 1 is 0.453 bits per heavy atom. The van der Waals surface area contributed by atoms with Crippen molar-refractivity contribution in [2.24, 2.45) is 0 Å². The summed E-state index contributed by atoms with van der Waals surface area (Å²) in [6.07, 6.45) is 4.62. The van der Waals surface area contributed by atoms with Crippen LogP contribution in [0.1, 0.15) is 39.1 Å². The van der Waals surface area contributed by atoms with E-state index in [2.05, 4.69) is 224 Å². The summed E-state index contributed by atoms with van der Waals surface area (Å²) in [6, 6.07) is 75.1. The zero-order chi connectivity index (χ0) is 43.1. The van der Waals surface area contributed by atoms with E-state index in [9.17, 15) is 0 Å². The lowest BCUT2D eigenvalue weighted by Gasteiger charge is -2.27. The van der Waals surface area contributed by atoms with Crippen LogP contribution in [-0.4, -0.2) is 4.57 Å². The van der Waals surface area contributed by atoms with Crippen molar-refractivity contribution in [2.75, 3.05) is 4.90 Å². The van der Waals surface area contributed by atoms with Gasteiger partial charge in [-0.1, -0.05) is 139 Å². The molecule has 1 aliphatic carbocycles. The molecule has 0 N–H and O–H groups in total. The first-order valence-corrected chi connectivity index (χ1v) is 23.1. The Kier molecular flexibility index (Phi) is 10.3. The van der Waals surface area contributed by atoms with Gasteiger partial charge in [0, 0.05) is 43.1 Å². The normalized spacial score (nSPS) is 12.3. The molecular weight excluding hydrogens is 793 g/mol. The van der Waals surface area contributed by atoms with Crippen LogP contribution in [0.5, 0.6) is 0 Å². The van der Waals surface area contributed by atoms with Gasteiger partial charge in [-0.3, -0.25) is 0 Å². The highest BCUT2D eigenvalue weighted by atomic mass is 32.1. The fraction of sp³-hybridized carbons (Fsp3) is 0.0820. The number of aromatic nitrogens is 1. The second kappa shape index (κ2) is 16.7. The monoisotopic (exact) mass is 840 g/mol. The maximum atomic E-state index is 2.46. The lowest BCUT2D eigenvalue weighted by atomic mass is 9.88. The van der Waals surface area contributed by atoms with Crippen LogP contribution >= 0.6 is 11.3 Å². The summed E-state index contributed by atoms with van der Waals surface area (Å²) in [5.41, 5.74) is 17.6. The average molecular weight is 841 g/mol. The Morgan fingerprint density at radius 2 is 1.11 bits per heavy atom. The first kappa shape index (κ1) is 39.4. The number of aryl methyl sites for hydroxylation is 4. The zero-order valence-corrected chi connectivity index (χ0v) is 37.2. The molecule has 0 fully saturated rings. The molecule has 2 heterocycles. The molecule has 0 spiro atoms. The highest BCUT2D eigenvalue weighted by Gasteiger charge is 2.21. The molecule has 0 bridgehead atoms. The topological polar surface area (TPSA) is 8.17 Å². The van der Waals surface area contributed by atoms with Crippen LogP contribution in [-0.2, 0) is 6.42 Å². The Morgan fingerprint density at radius 3 is 1.91 bits per heavy atom. The number of fused-ring (bicyclic) bond motifs is 7. The summed E-state index contributed by atoms with van der Waals surface area (Å²) in [6.45, 7) is 6.60. The van der Waals surface area contributed by atoms with Crippen LogP contribution in [0.4, 0.5) is 17.1 Å². The minimum absolute atomic E-state index is 1.06. The molecule has 0 saturated carbocycles. The van der Waals surface area contributed by atoms with Crippen LogP contribution in [0, 0.1) is 20.8 Å². The molecule has 2 aromatic heterocycles. The van der Waals surface area contributed by atoms with Gasteiger partial charge in [0.1, 0.15) is 0 Å². The molecular formula is C61H48N2S. The van der Waals surface area contributed by atoms with Gasteiger partial charge in [0.05, 0.1) is 11.0 Å². The number of rotatable bonds is 6. The van der Waals surface area contributed by atoms with Gasteiger partial charge in [0.2, 0.25) is 0 Å². The van der Waals surface area contributed by atoms with Crippen molar-refractivity contribution in [3.63, 3.8) is 0 Å². The van der Waals surface area contributed by atoms with Crippen LogP contribution in [0.2, 0.25) is 0 Å². The number of thiophene rings is 1. The summed E-state index contributed by atoms with van der Waals surface area (Å²) in [5.74, 6) is 0. The van der Waals surface area contributed by atoms with E-state index in [1.165, 1.54) is 92.1 Å². The number of nitrogens with zero attached hydrogens (tertiary/aromatic N) is 2. The number of hydrogen-bond donors (Lipinski definition) is 0. The first-order chi connectivity index (χ1) is 31.5. The standard InChI is InChI=1S/C54H40N2S.C7H8/c1-35-20-21-39(40-23-29-54-50(33-40)47-17-9-11-19-53(47)57-54)32-48(35)45-27-25-42(30-36(45)2)55(43-24-22-37-12-6-7-13-38(37)31-43)44-26-28-52-49(34-44)46-16-8-10-18-51(46)56(52)41-14-4-3-5-15-41;1-7-5-3-2-4-6-7/h3-22,24-28,30-34H,23,29H2,1-2H3;2-6H,1H3. The predicted molar refractivity (Wildman–Crippen MR) is 277 cm³/mol. The molecule has 0 aliphatic heterocycles. The van der Waals surface area contributed by atoms with Gasteiger partial charge in [-0.15, -0.1) is 11.3 Å². The molecule has 308 valence electrons. The Hall–Kier alpha value is -7.46. The van der Waals surface area contributed by atoms with Crippen molar-refractivity contribution in [2.45, 2.75) is 33.6 Å². The van der Waals surface area contributed by atoms with Crippen LogP contribution in [0.15, 0.2) is 206 Å². The second-order valence-electron chi connectivity index (χ2n) is 17.0. The van der Waals surface area contributed by atoms with Crippen LogP contribution in [0.3, 0.4) is 0 Å². The summed E-state index contributed by atoms with van der Waals surface area (Å²) < 4.78 is 3.77. The molecule has 11 aromatic rings. The van der Waals surface area contributed by atoms with Gasteiger partial charge < -0.3 is 9.47 Å². The lowest BCUT2D eigenvalue weighted by molar-refractivity contribution is 1.03. The third-order valence-corrected chi connectivity index (χ3v) is 14.1. The van der Waals surface area contributed by atoms with E-state index in [1.807, 2.05) is 29.5 Å². The molecule has 3 heteroatoms. The Balaban J connectivity index is 0.000000598. The largest absolute Gasteiger partial charge is 0.310 e. The van der Waals surface area contributed by atoms with Gasteiger partial charge in [-0.25, -0.2) is 0 Å². The molecule has 1 aliphatic rings. The van der Waals surface area contributed by atoms with E-state index in [4.69, 9.17) is 0 Å². The first-order valence-electron chi connectivity index (χ1n) is 22.3. The molecule has 64 heavy (non-hydrogen) atoms. The van der Waals surface area contributed by atoms with Crippen molar-refractivity contribution >= 4 is 82.7 Å². The van der Waals surface area contributed by atoms with Gasteiger partial charge in [0.15, 0.2) is 0 Å². The van der Waals surface area contributed by atoms with Crippen molar-refractivity contribution in [3.05, 3.63) is 239 Å². The van der Waals surface area contributed by atoms with Gasteiger partial charge >= 0.3 is 0 Å². The number of allylic oxidation sites excluding steroid dienone is 1. The third kappa shape index (κ3) is 7.28. The second-order valence-corrected chi connectivity index (χ2v) is 18.2. The number of anilines is 3. The van der Waals surface area contributed by atoms with Crippen molar-refractivity contribution < 1.29 is 0 Å². The maximum absolute atomic E-state index is 2.46. The highest BCUT2D eigenvalue weighted by molar-refractivity contribution is 7.19. The predicted octanol–water partition coefficient (Wildman–Crippen LogP) is 17.4. The van der Waals surface area contributed by atoms with Gasteiger partial charge in [-0.2, -0.15) is 0 Å². The summed E-state index contributed by atoms with van der Waals surface area (Å²) in [5, 5.41) is 6.32. The SMILES string of the molecule is Cc1cc(N(c2ccc3ccccc3c2)c2ccc3c(c2)c2ccccc2n3-c2ccccc2)ccc1-c1cc(C2=Cc3c(sc4ccccc34)CC2)ccc1C.Cc1ccccc1. The fourth-order valence-corrected chi connectivity index (χ4v) is 10.8. The maximum Gasteiger partial charge on any atom is 0.0542 e. The van der Waals surface area contributed by atoms with Crippen molar-refractivity contribution in [1.82, 2.24) is 4.57 Å². The quantitative estimate of drug-likeness (QED) is 0.162. The van der Waals surface area contributed by atoms with E-state index in [1.54, 1.807) is 0 Å². The molecule has 0 radical (unpaired) electrons. The van der Waals surface area contributed by atoms with E-state index < -0.39 is 0 Å². The van der Waals surface area contributed by atoms with E-state index >= 15 is 0 Å². The zero-order valence-electron chi connectivity index (χ0n) is 36.4. The molecule has 0 unspecified atom stereocenters. The molecule has 0 saturated heterocycles. The average Bonchev–Trinajstić information content (AvgIpc) is 3.88. The van der Waals surface area contributed by atoms with Gasteiger partial charge in [0.25, 0.3) is 0 Å². The van der Waals surface area contributed by atoms with E-state index in [-0.39, 0.29) is 0 Å². The number of benzene rings is 9. The molecule has 2 nitrogen and oxygen atoms in total. The minimum atomic E-state index is 1.06. The summed E-state index contributed by atoms with van der Waals surface area (Å²) >= 11 is 1.95. The van der Waals surface area contributed by atoms with Crippen LogP contribution in [0.25, 0.3) is 71.1 Å². The fourth-order valence-electron chi connectivity index (χ4n) is 9.64. The minimum Gasteiger partial charge on any atom is -0.310 e. The van der Waals surface area contributed by atoms with Crippen molar-refractivity contribution in [1.29, 1.82) is 0 Å². The Bertz CT molecular complexity index is 3540. The number of para-hydroxylation sites is 2. The number of hydrogen-bond acceptors (Lipinski definition) is 2. The van der Waals surface area contributed by atoms with E-state index in [0.29, 0.717) is 0 Å². The molecule has 0 amide bonds. The van der Waals surface area contributed by atoms with E-state index in [0.717, 1.165) is 35.6 Å². The lowest BCUT2D eigenvalue weighted by Crippen LogP contribution is -2.10. The summed E-state index contributed by atoms with van der Waals surface area (Å²) in [4.78, 5) is 3.94.